The number of nitrogens with zero attached hydrogens (tertiary/aromatic N) is 1. The first-order valence-corrected chi connectivity index (χ1v) is 3.31. The van der Waals surface area contributed by atoms with Crippen molar-refractivity contribution in [2.75, 3.05) is 33.4 Å². The van der Waals surface area contributed by atoms with Gasteiger partial charge < -0.3 is 5.32 Å². The number of piperazine rings is 1. The van der Waals surface area contributed by atoms with E-state index in [2.05, 4.69) is 10.2 Å². The molecule has 0 aromatic rings. The lowest BCUT2D eigenvalue weighted by atomic mass is 10.2. The molecule has 1 saturated heterocycles. The summed E-state index contributed by atoms with van der Waals surface area (Å²) in [4.78, 5) is 2.05. The predicted octanol–water partition coefficient (Wildman–Crippen LogP) is 0.281. The smallest absolute Gasteiger partial charge is 0.106 e. The van der Waals surface area contributed by atoms with Gasteiger partial charge in [-0.25, -0.2) is 4.39 Å². The first kappa shape index (κ1) is 10.1. The molecule has 0 amide bonds. The van der Waals surface area contributed by atoms with E-state index in [9.17, 15) is 4.39 Å². The molecule has 1 heterocycles. The van der Waals surface area contributed by atoms with Gasteiger partial charge in [-0.3, -0.25) is 4.90 Å². The average Bonchev–Trinajstić information content (AvgIpc) is 1.89. The lowest BCUT2D eigenvalue weighted by molar-refractivity contribution is 0.168. The largest absolute Gasteiger partial charge is 0.314 e. The van der Waals surface area contributed by atoms with Crippen molar-refractivity contribution in [2.24, 2.45) is 0 Å². The van der Waals surface area contributed by atoms with E-state index in [4.69, 9.17) is 0 Å². The molecule has 0 bridgehead atoms. The van der Waals surface area contributed by atoms with E-state index in [0.29, 0.717) is 0 Å². The molecule has 1 aliphatic rings. The normalized spacial score (nSPS) is 27.6. The Kier molecular flexibility index (Phi) is 4.95. The third-order valence-electron chi connectivity index (χ3n) is 1.82. The molecule has 2 nitrogen and oxygen atoms in total. The molecule has 4 heteroatoms. The molecule has 1 fully saturated rings. The van der Waals surface area contributed by atoms with Gasteiger partial charge in [0.05, 0.1) is 6.04 Å². The first-order chi connectivity index (χ1) is 4.34. The zero-order chi connectivity index (χ0) is 6.69. The Hall–Kier alpha value is 0.140. The fourth-order valence-corrected chi connectivity index (χ4v) is 1.03. The minimum absolute atomic E-state index is 0. The Morgan fingerprint density at radius 3 is 2.80 bits per heavy atom. The number of hydrogen-bond acceptors (Lipinski definition) is 2. The van der Waals surface area contributed by atoms with Crippen LogP contribution in [0.3, 0.4) is 0 Å². The predicted molar refractivity (Wildman–Crippen MR) is 42.5 cm³/mol. The molecule has 1 N–H and O–H groups in total. The summed E-state index contributed by atoms with van der Waals surface area (Å²) in [7, 11) is 1.96. The Labute approximate surface area is 67.2 Å². The van der Waals surface area contributed by atoms with Crippen LogP contribution < -0.4 is 5.32 Å². The van der Waals surface area contributed by atoms with E-state index in [1.165, 1.54) is 0 Å². The number of halogens is 2. The maximum Gasteiger partial charge on any atom is 0.106 e. The van der Waals surface area contributed by atoms with E-state index >= 15 is 0 Å². The van der Waals surface area contributed by atoms with Crippen LogP contribution in [0, 0.1) is 0 Å². The van der Waals surface area contributed by atoms with E-state index in [1.54, 1.807) is 0 Å². The number of nitrogens with one attached hydrogen (secondary N) is 1. The summed E-state index contributed by atoms with van der Waals surface area (Å²) >= 11 is 0. The molecule has 1 rings (SSSR count). The highest BCUT2D eigenvalue weighted by Crippen LogP contribution is 1.98. The van der Waals surface area contributed by atoms with Crippen LogP contribution in [0.15, 0.2) is 0 Å². The van der Waals surface area contributed by atoms with Crippen molar-refractivity contribution in [3.63, 3.8) is 0 Å². The molecule has 0 aromatic carbocycles. The van der Waals surface area contributed by atoms with E-state index in [0.717, 1.165) is 19.6 Å². The summed E-state index contributed by atoms with van der Waals surface area (Å²) < 4.78 is 12.0. The third-order valence-corrected chi connectivity index (χ3v) is 1.82. The zero-order valence-corrected chi connectivity index (χ0v) is 6.96. The monoisotopic (exact) mass is 168 g/mol. The van der Waals surface area contributed by atoms with Gasteiger partial charge in [-0.2, -0.15) is 0 Å². The molecule has 0 saturated carbocycles. The molecule has 0 radical (unpaired) electrons. The molecule has 0 aliphatic carbocycles. The standard InChI is InChI=1S/C6H13FN2.ClH/c1-9-3-2-8-5-6(9)4-7;/h6,8H,2-5H2,1H3;1H. The molecule has 1 unspecified atom stereocenters. The minimum Gasteiger partial charge on any atom is -0.314 e. The molecular formula is C6H14ClFN2. The fourth-order valence-electron chi connectivity index (χ4n) is 1.03. The molecule has 1 atom stereocenters. The Balaban J connectivity index is 0.000000810. The lowest BCUT2D eigenvalue weighted by Gasteiger charge is -2.30. The van der Waals surface area contributed by atoms with E-state index < -0.39 is 0 Å². The average molecular weight is 169 g/mol. The number of hydrogen-bond donors (Lipinski definition) is 1. The van der Waals surface area contributed by atoms with Gasteiger partial charge in [0.2, 0.25) is 0 Å². The summed E-state index contributed by atoms with van der Waals surface area (Å²) in [6.07, 6.45) is 0. The van der Waals surface area contributed by atoms with Crippen molar-refractivity contribution in [3.8, 4) is 0 Å². The first-order valence-electron chi connectivity index (χ1n) is 3.31. The topological polar surface area (TPSA) is 15.3 Å². The number of likely N-dealkylation sites (N-methyl/N-ethyl adjacent to an activating group) is 1. The molecular weight excluding hydrogens is 155 g/mol. The lowest BCUT2D eigenvalue weighted by Crippen LogP contribution is -2.50. The van der Waals surface area contributed by atoms with Crippen LogP contribution in [0.4, 0.5) is 4.39 Å². The van der Waals surface area contributed by atoms with Crippen molar-refractivity contribution in [1.82, 2.24) is 10.2 Å². The highest BCUT2D eigenvalue weighted by atomic mass is 35.5. The van der Waals surface area contributed by atoms with Crippen LogP contribution in [0.2, 0.25) is 0 Å². The van der Waals surface area contributed by atoms with Crippen LogP contribution in [0.5, 0.6) is 0 Å². The van der Waals surface area contributed by atoms with Gasteiger partial charge in [0.1, 0.15) is 6.67 Å². The van der Waals surface area contributed by atoms with Crippen molar-refractivity contribution in [1.29, 1.82) is 0 Å². The molecule has 1 aliphatic heterocycles. The second-order valence-electron chi connectivity index (χ2n) is 2.49. The summed E-state index contributed by atoms with van der Waals surface area (Å²) in [6.45, 7) is 2.53. The van der Waals surface area contributed by atoms with Gasteiger partial charge in [0, 0.05) is 19.6 Å². The van der Waals surface area contributed by atoms with Crippen LogP contribution in [-0.4, -0.2) is 44.3 Å². The number of alkyl halides is 1. The van der Waals surface area contributed by atoms with E-state index in [-0.39, 0.29) is 25.1 Å². The van der Waals surface area contributed by atoms with Crippen LogP contribution in [0.1, 0.15) is 0 Å². The van der Waals surface area contributed by atoms with Gasteiger partial charge in [-0.05, 0) is 7.05 Å². The van der Waals surface area contributed by atoms with Crippen molar-refractivity contribution < 1.29 is 4.39 Å². The van der Waals surface area contributed by atoms with Crippen molar-refractivity contribution >= 4 is 12.4 Å². The van der Waals surface area contributed by atoms with Crippen molar-refractivity contribution in [3.05, 3.63) is 0 Å². The van der Waals surface area contributed by atoms with Crippen molar-refractivity contribution in [2.45, 2.75) is 6.04 Å². The maximum atomic E-state index is 12.0. The van der Waals surface area contributed by atoms with Crippen LogP contribution in [-0.2, 0) is 0 Å². The molecule has 10 heavy (non-hydrogen) atoms. The summed E-state index contributed by atoms with van der Waals surface area (Å²) in [6, 6.07) is 0.110. The van der Waals surface area contributed by atoms with Gasteiger partial charge in [-0.15, -0.1) is 12.4 Å². The summed E-state index contributed by atoms with van der Waals surface area (Å²) in [5, 5.41) is 3.13. The Morgan fingerprint density at radius 1 is 1.70 bits per heavy atom. The summed E-state index contributed by atoms with van der Waals surface area (Å²) in [5.41, 5.74) is 0. The van der Waals surface area contributed by atoms with Gasteiger partial charge >= 0.3 is 0 Å². The van der Waals surface area contributed by atoms with Gasteiger partial charge in [0.25, 0.3) is 0 Å². The van der Waals surface area contributed by atoms with Crippen LogP contribution >= 0.6 is 12.4 Å². The number of rotatable bonds is 1. The Bertz CT molecular complexity index is 91.8. The molecule has 0 aromatic heterocycles. The zero-order valence-electron chi connectivity index (χ0n) is 6.14. The molecule has 62 valence electrons. The second-order valence-corrected chi connectivity index (χ2v) is 2.49. The highest BCUT2D eigenvalue weighted by molar-refractivity contribution is 5.85. The van der Waals surface area contributed by atoms with Gasteiger partial charge in [0.15, 0.2) is 0 Å². The Morgan fingerprint density at radius 2 is 2.40 bits per heavy atom. The van der Waals surface area contributed by atoms with Gasteiger partial charge in [-0.1, -0.05) is 0 Å². The maximum absolute atomic E-state index is 12.0. The van der Waals surface area contributed by atoms with Crippen LogP contribution in [0.25, 0.3) is 0 Å². The SMILES string of the molecule is CN1CCNCC1CF.Cl. The molecule has 0 spiro atoms. The highest BCUT2D eigenvalue weighted by Gasteiger charge is 2.16. The quantitative estimate of drug-likeness (QED) is 0.605. The van der Waals surface area contributed by atoms with E-state index in [1.807, 2.05) is 7.05 Å². The fraction of sp³-hybridized carbons (Fsp3) is 1.00. The minimum atomic E-state index is -0.233. The second kappa shape index (κ2) is 4.88. The summed E-state index contributed by atoms with van der Waals surface area (Å²) in [5.74, 6) is 0. The third kappa shape index (κ3) is 2.40.